The maximum atomic E-state index is 11.9. The fourth-order valence-electron chi connectivity index (χ4n) is 1.96. The number of aryl methyl sites for hydroxylation is 1. The number of carbonyl (C=O) groups is 1. The summed E-state index contributed by atoms with van der Waals surface area (Å²) < 4.78 is 5.56. The van der Waals surface area contributed by atoms with Gasteiger partial charge in [0.05, 0.1) is 6.54 Å². The van der Waals surface area contributed by atoms with Gasteiger partial charge >= 0.3 is 6.03 Å². The Morgan fingerprint density at radius 1 is 1.43 bits per heavy atom. The van der Waals surface area contributed by atoms with Crippen LogP contribution in [0.4, 0.5) is 4.79 Å². The highest BCUT2D eigenvalue weighted by molar-refractivity contribution is 5.74. The maximum absolute atomic E-state index is 11.9. The number of carbonyl (C=O) groups excluding carboxylic acids is 1. The second-order valence-corrected chi connectivity index (χ2v) is 5.36. The van der Waals surface area contributed by atoms with Gasteiger partial charge in [0.1, 0.15) is 18.5 Å². The van der Waals surface area contributed by atoms with Crippen LogP contribution in [0.1, 0.15) is 26.3 Å². The van der Waals surface area contributed by atoms with E-state index in [2.05, 4.69) is 5.32 Å². The number of hydrogen-bond acceptors (Lipinski definition) is 3. The van der Waals surface area contributed by atoms with Gasteiger partial charge in [-0.3, -0.25) is 0 Å². The molecule has 5 nitrogen and oxygen atoms in total. The van der Waals surface area contributed by atoms with E-state index in [4.69, 9.17) is 4.74 Å². The zero-order chi connectivity index (χ0) is 15.8. The van der Waals surface area contributed by atoms with Crippen molar-refractivity contribution in [3.05, 3.63) is 29.8 Å². The summed E-state index contributed by atoms with van der Waals surface area (Å²) in [5.74, 6) is 0.725. The summed E-state index contributed by atoms with van der Waals surface area (Å²) in [6.45, 7) is 8.67. The number of aliphatic hydroxyl groups excluding tert-OH is 1. The van der Waals surface area contributed by atoms with Crippen LogP contribution in [0.3, 0.4) is 0 Å². The molecule has 1 aromatic carbocycles. The summed E-state index contributed by atoms with van der Waals surface area (Å²) in [7, 11) is 0. The fourth-order valence-corrected chi connectivity index (χ4v) is 1.96. The first-order valence-electron chi connectivity index (χ1n) is 7.36. The predicted molar refractivity (Wildman–Crippen MR) is 83.6 cm³/mol. The Hall–Kier alpha value is -1.75. The van der Waals surface area contributed by atoms with E-state index in [0.717, 1.165) is 11.3 Å². The van der Waals surface area contributed by atoms with E-state index in [-0.39, 0.29) is 25.2 Å². The van der Waals surface area contributed by atoms with Crippen LogP contribution in [0.15, 0.2) is 24.3 Å². The molecule has 2 N–H and O–H groups in total. The summed E-state index contributed by atoms with van der Waals surface area (Å²) in [5.41, 5.74) is 1.10. The lowest BCUT2D eigenvalue weighted by Gasteiger charge is -2.29. The van der Waals surface area contributed by atoms with Crippen molar-refractivity contribution in [1.82, 2.24) is 10.2 Å². The summed E-state index contributed by atoms with van der Waals surface area (Å²) in [5, 5.41) is 12.8. The second kappa shape index (κ2) is 8.52. The molecule has 118 valence electrons. The number of urea groups is 1. The number of rotatable bonds is 7. The van der Waals surface area contributed by atoms with Crippen molar-refractivity contribution < 1.29 is 14.6 Å². The number of benzene rings is 1. The third-order valence-electron chi connectivity index (χ3n) is 3.05. The molecular weight excluding hydrogens is 268 g/mol. The number of aliphatic hydroxyl groups is 1. The number of amides is 2. The summed E-state index contributed by atoms with van der Waals surface area (Å²) >= 11 is 0. The van der Waals surface area contributed by atoms with Gasteiger partial charge in [-0.15, -0.1) is 0 Å². The van der Waals surface area contributed by atoms with Crippen molar-refractivity contribution >= 4 is 6.03 Å². The molecule has 0 bridgehead atoms. The Morgan fingerprint density at radius 3 is 2.71 bits per heavy atom. The minimum Gasteiger partial charge on any atom is -0.491 e. The van der Waals surface area contributed by atoms with E-state index in [1.807, 2.05) is 52.0 Å². The monoisotopic (exact) mass is 294 g/mol. The van der Waals surface area contributed by atoms with Crippen molar-refractivity contribution in [3.8, 4) is 5.75 Å². The van der Waals surface area contributed by atoms with Crippen LogP contribution < -0.4 is 10.1 Å². The zero-order valence-corrected chi connectivity index (χ0v) is 13.3. The molecule has 2 amide bonds. The minimum atomic E-state index is -0.726. The van der Waals surface area contributed by atoms with Gasteiger partial charge < -0.3 is 20.1 Å². The summed E-state index contributed by atoms with van der Waals surface area (Å²) in [6.07, 6.45) is -0.726. The van der Waals surface area contributed by atoms with Crippen LogP contribution in [0.25, 0.3) is 0 Å². The van der Waals surface area contributed by atoms with Crippen LogP contribution in [-0.4, -0.2) is 47.9 Å². The van der Waals surface area contributed by atoms with Crippen molar-refractivity contribution in [1.29, 1.82) is 0 Å². The quantitative estimate of drug-likeness (QED) is 0.810. The first-order valence-corrected chi connectivity index (χ1v) is 7.36. The molecule has 21 heavy (non-hydrogen) atoms. The highest BCUT2D eigenvalue weighted by Gasteiger charge is 2.20. The number of ether oxygens (including phenoxy) is 1. The molecule has 0 heterocycles. The minimum absolute atomic E-state index is 0.0187. The lowest BCUT2D eigenvalue weighted by atomic mass is 10.2. The van der Waals surface area contributed by atoms with Gasteiger partial charge in [-0.05, 0) is 45.4 Å². The van der Waals surface area contributed by atoms with Crippen molar-refractivity contribution in [2.45, 2.75) is 39.8 Å². The van der Waals surface area contributed by atoms with E-state index >= 15 is 0 Å². The third kappa shape index (κ3) is 6.04. The topological polar surface area (TPSA) is 61.8 Å². The maximum Gasteiger partial charge on any atom is 0.317 e. The first kappa shape index (κ1) is 17.3. The highest BCUT2D eigenvalue weighted by Crippen LogP contribution is 2.13. The SMILES string of the molecule is CCNC(=O)N(C[C@H](O)COc1cccc(C)c1)C(C)C. The molecule has 1 rings (SSSR count). The van der Waals surface area contributed by atoms with Crippen molar-refractivity contribution in [2.24, 2.45) is 0 Å². The Kier molecular flexibility index (Phi) is 7.02. The zero-order valence-electron chi connectivity index (χ0n) is 13.3. The molecule has 0 radical (unpaired) electrons. The Balaban J connectivity index is 2.50. The molecule has 0 aliphatic rings. The molecule has 0 aliphatic heterocycles. The number of nitrogens with zero attached hydrogens (tertiary/aromatic N) is 1. The van der Waals surface area contributed by atoms with E-state index in [0.29, 0.717) is 6.54 Å². The average Bonchev–Trinajstić information content (AvgIpc) is 2.42. The predicted octanol–water partition coefficient (Wildman–Crippen LogP) is 2.17. The second-order valence-electron chi connectivity index (χ2n) is 5.36. The van der Waals surface area contributed by atoms with Crippen LogP contribution in [0.5, 0.6) is 5.75 Å². The Bertz CT molecular complexity index is 449. The molecule has 0 saturated heterocycles. The van der Waals surface area contributed by atoms with Gasteiger partial charge in [0.15, 0.2) is 0 Å². The van der Waals surface area contributed by atoms with Crippen LogP contribution >= 0.6 is 0 Å². The van der Waals surface area contributed by atoms with Crippen LogP contribution in [-0.2, 0) is 0 Å². The van der Waals surface area contributed by atoms with E-state index < -0.39 is 6.10 Å². The summed E-state index contributed by atoms with van der Waals surface area (Å²) in [6, 6.07) is 7.51. The molecule has 1 aromatic rings. The van der Waals surface area contributed by atoms with Crippen molar-refractivity contribution in [2.75, 3.05) is 19.7 Å². The highest BCUT2D eigenvalue weighted by atomic mass is 16.5. The first-order chi connectivity index (χ1) is 9.93. The molecule has 0 aliphatic carbocycles. The molecule has 1 atom stereocenters. The van der Waals surface area contributed by atoms with Crippen molar-refractivity contribution in [3.63, 3.8) is 0 Å². The Morgan fingerprint density at radius 2 is 2.14 bits per heavy atom. The molecule has 5 heteroatoms. The molecule has 0 spiro atoms. The number of nitrogens with one attached hydrogen (secondary N) is 1. The van der Waals surface area contributed by atoms with E-state index in [9.17, 15) is 9.90 Å². The standard InChI is InChI=1S/C16H26N2O3/c1-5-17-16(20)18(12(2)3)10-14(19)11-21-15-8-6-7-13(4)9-15/h6-9,12,14,19H,5,10-11H2,1-4H3,(H,17,20)/t14-/m0/s1. The van der Waals surface area contributed by atoms with Crippen LogP contribution in [0.2, 0.25) is 0 Å². The van der Waals surface area contributed by atoms with Crippen LogP contribution in [0, 0.1) is 6.92 Å². The van der Waals surface area contributed by atoms with Gasteiger partial charge in [-0.1, -0.05) is 12.1 Å². The van der Waals surface area contributed by atoms with Gasteiger partial charge in [-0.2, -0.15) is 0 Å². The van der Waals surface area contributed by atoms with Gasteiger partial charge in [0.25, 0.3) is 0 Å². The van der Waals surface area contributed by atoms with E-state index in [1.165, 1.54) is 0 Å². The lowest BCUT2D eigenvalue weighted by molar-refractivity contribution is 0.0691. The lowest BCUT2D eigenvalue weighted by Crippen LogP contribution is -2.48. The molecule has 0 saturated carbocycles. The normalized spacial score (nSPS) is 12.1. The Labute approximate surface area is 126 Å². The smallest absolute Gasteiger partial charge is 0.317 e. The third-order valence-corrected chi connectivity index (χ3v) is 3.05. The number of hydrogen-bond donors (Lipinski definition) is 2. The van der Waals surface area contributed by atoms with E-state index in [1.54, 1.807) is 4.90 Å². The largest absolute Gasteiger partial charge is 0.491 e. The molecule has 0 unspecified atom stereocenters. The molecule has 0 fully saturated rings. The molecular formula is C16H26N2O3. The van der Waals surface area contributed by atoms with Gasteiger partial charge in [-0.25, -0.2) is 4.79 Å². The molecule has 0 aromatic heterocycles. The van der Waals surface area contributed by atoms with Gasteiger partial charge in [0, 0.05) is 12.6 Å². The van der Waals surface area contributed by atoms with Gasteiger partial charge in [0.2, 0.25) is 0 Å². The summed E-state index contributed by atoms with van der Waals surface area (Å²) in [4.78, 5) is 13.5. The average molecular weight is 294 g/mol. The fraction of sp³-hybridized carbons (Fsp3) is 0.562.